The van der Waals surface area contributed by atoms with Crippen molar-refractivity contribution in [3.8, 4) is 22.6 Å². The van der Waals surface area contributed by atoms with Crippen molar-refractivity contribution in [1.29, 1.82) is 0 Å². The number of benzene rings is 2. The monoisotopic (exact) mass is 270 g/mol. The maximum Gasteiger partial charge on any atom is 0.316 e. The molecule has 0 spiro atoms. The zero-order chi connectivity index (χ0) is 14.8. The van der Waals surface area contributed by atoms with E-state index in [9.17, 15) is 9.90 Å². The second kappa shape index (κ2) is 5.37. The predicted octanol–water partition coefficient (Wildman–Crippen LogP) is 4.01. The van der Waals surface area contributed by atoms with Crippen LogP contribution < -0.4 is 4.74 Å². The molecule has 3 heteroatoms. The van der Waals surface area contributed by atoms with Crippen LogP contribution in [-0.4, -0.2) is 11.1 Å². The minimum atomic E-state index is -0.518. The van der Waals surface area contributed by atoms with Crippen molar-refractivity contribution in [2.75, 3.05) is 0 Å². The van der Waals surface area contributed by atoms with Crippen molar-refractivity contribution < 1.29 is 14.6 Å². The molecule has 0 bridgehead atoms. The van der Waals surface area contributed by atoms with Gasteiger partial charge in [-0.15, -0.1) is 0 Å². The molecule has 2 rings (SSSR count). The fourth-order valence-corrected chi connectivity index (χ4v) is 1.63. The van der Waals surface area contributed by atoms with Crippen LogP contribution in [0.3, 0.4) is 0 Å². The molecule has 2 aromatic carbocycles. The Morgan fingerprint density at radius 2 is 1.35 bits per heavy atom. The number of phenols is 1. The molecule has 0 fully saturated rings. The summed E-state index contributed by atoms with van der Waals surface area (Å²) < 4.78 is 5.31. The largest absolute Gasteiger partial charge is 0.508 e. The van der Waals surface area contributed by atoms with Gasteiger partial charge in [0.25, 0.3) is 0 Å². The maximum absolute atomic E-state index is 11.8. The lowest BCUT2D eigenvalue weighted by Gasteiger charge is -2.16. The minimum Gasteiger partial charge on any atom is -0.508 e. The Hall–Kier alpha value is -2.29. The first-order valence-corrected chi connectivity index (χ1v) is 6.48. The highest BCUT2D eigenvalue weighted by molar-refractivity contribution is 5.78. The Kier molecular flexibility index (Phi) is 3.79. The first-order valence-electron chi connectivity index (χ1n) is 6.48. The quantitative estimate of drug-likeness (QED) is 0.662. The minimum absolute atomic E-state index is 0.240. The van der Waals surface area contributed by atoms with Crippen LogP contribution >= 0.6 is 0 Å². The average Bonchev–Trinajstić information content (AvgIpc) is 2.39. The Morgan fingerprint density at radius 1 is 0.900 bits per heavy atom. The molecule has 20 heavy (non-hydrogen) atoms. The molecule has 2 aromatic rings. The van der Waals surface area contributed by atoms with Gasteiger partial charge in [0.1, 0.15) is 11.5 Å². The van der Waals surface area contributed by atoms with Crippen molar-refractivity contribution in [2.24, 2.45) is 5.41 Å². The molecule has 0 radical (unpaired) electrons. The first-order chi connectivity index (χ1) is 9.36. The van der Waals surface area contributed by atoms with Crippen molar-refractivity contribution in [1.82, 2.24) is 0 Å². The summed E-state index contributed by atoms with van der Waals surface area (Å²) in [6.07, 6.45) is 0. The van der Waals surface area contributed by atoms with Gasteiger partial charge in [-0.1, -0.05) is 24.3 Å². The fraction of sp³-hybridized carbons (Fsp3) is 0.235. The Bertz CT molecular complexity index is 590. The third kappa shape index (κ3) is 3.38. The van der Waals surface area contributed by atoms with E-state index in [1.807, 2.05) is 45.0 Å². The zero-order valence-corrected chi connectivity index (χ0v) is 11.9. The molecule has 0 amide bonds. The summed E-state index contributed by atoms with van der Waals surface area (Å²) >= 11 is 0. The van der Waals surface area contributed by atoms with Gasteiger partial charge in [-0.05, 0) is 56.2 Å². The smallest absolute Gasteiger partial charge is 0.316 e. The topological polar surface area (TPSA) is 46.5 Å². The molecule has 0 saturated carbocycles. The summed E-state index contributed by atoms with van der Waals surface area (Å²) in [6, 6.07) is 14.3. The molecular weight excluding hydrogens is 252 g/mol. The standard InChI is InChI=1S/C17H18O3/c1-17(2,3)16(19)20-15-10-6-13(7-11-15)12-4-8-14(18)9-5-12/h4-11,18H,1-3H3. The van der Waals surface area contributed by atoms with Crippen molar-refractivity contribution in [2.45, 2.75) is 20.8 Å². The first kappa shape index (κ1) is 14.1. The Labute approximate surface area is 118 Å². The number of hydrogen-bond donors (Lipinski definition) is 1. The molecule has 0 aliphatic carbocycles. The summed E-state index contributed by atoms with van der Waals surface area (Å²) in [5, 5.41) is 9.27. The van der Waals surface area contributed by atoms with Gasteiger partial charge >= 0.3 is 5.97 Å². The van der Waals surface area contributed by atoms with E-state index >= 15 is 0 Å². The molecule has 0 saturated heterocycles. The lowest BCUT2D eigenvalue weighted by molar-refractivity contribution is -0.142. The molecule has 0 aromatic heterocycles. The van der Waals surface area contributed by atoms with Crippen molar-refractivity contribution in [3.63, 3.8) is 0 Å². The van der Waals surface area contributed by atoms with Gasteiger partial charge in [-0.25, -0.2) is 0 Å². The van der Waals surface area contributed by atoms with Crippen molar-refractivity contribution in [3.05, 3.63) is 48.5 Å². The van der Waals surface area contributed by atoms with E-state index in [-0.39, 0.29) is 11.7 Å². The van der Waals surface area contributed by atoms with Gasteiger partial charge in [0.2, 0.25) is 0 Å². The van der Waals surface area contributed by atoms with Gasteiger partial charge in [-0.2, -0.15) is 0 Å². The number of rotatable bonds is 2. The SMILES string of the molecule is CC(C)(C)C(=O)Oc1ccc(-c2ccc(O)cc2)cc1. The molecular formula is C17H18O3. The van der Waals surface area contributed by atoms with E-state index in [4.69, 9.17) is 4.74 Å². The van der Waals surface area contributed by atoms with Crippen molar-refractivity contribution >= 4 is 5.97 Å². The Balaban J connectivity index is 2.14. The molecule has 3 nitrogen and oxygen atoms in total. The summed E-state index contributed by atoms with van der Waals surface area (Å²) in [7, 11) is 0. The predicted molar refractivity (Wildman–Crippen MR) is 78.6 cm³/mol. The Morgan fingerprint density at radius 3 is 1.80 bits per heavy atom. The summed E-state index contributed by atoms with van der Waals surface area (Å²) in [5.74, 6) is 0.520. The highest BCUT2D eigenvalue weighted by atomic mass is 16.5. The summed E-state index contributed by atoms with van der Waals surface area (Å²) in [5.41, 5.74) is 1.48. The molecule has 0 aliphatic rings. The van der Waals surface area contributed by atoms with Gasteiger partial charge in [0.15, 0.2) is 0 Å². The molecule has 0 heterocycles. The number of carbonyl (C=O) groups excluding carboxylic acids is 1. The number of aromatic hydroxyl groups is 1. The van der Waals surface area contributed by atoms with Gasteiger partial charge < -0.3 is 9.84 Å². The summed E-state index contributed by atoms with van der Waals surface area (Å²) in [4.78, 5) is 11.8. The van der Waals surface area contributed by atoms with Crippen LogP contribution in [0.1, 0.15) is 20.8 Å². The van der Waals surface area contributed by atoms with Crippen LogP contribution in [0.15, 0.2) is 48.5 Å². The van der Waals surface area contributed by atoms with E-state index in [0.29, 0.717) is 5.75 Å². The third-order valence-electron chi connectivity index (χ3n) is 2.88. The second-order valence-electron chi connectivity index (χ2n) is 5.71. The normalized spacial score (nSPS) is 11.2. The van der Waals surface area contributed by atoms with Gasteiger partial charge in [0, 0.05) is 0 Å². The lowest BCUT2D eigenvalue weighted by atomic mass is 9.97. The molecule has 0 aliphatic heterocycles. The fourth-order valence-electron chi connectivity index (χ4n) is 1.63. The van der Waals surface area contributed by atoms with Crippen LogP contribution in [0.25, 0.3) is 11.1 Å². The van der Waals surface area contributed by atoms with Crippen LogP contribution in [0.4, 0.5) is 0 Å². The van der Waals surface area contributed by atoms with Gasteiger partial charge in [0.05, 0.1) is 5.41 Å². The number of esters is 1. The molecule has 0 unspecified atom stereocenters. The zero-order valence-electron chi connectivity index (χ0n) is 11.9. The summed E-state index contributed by atoms with van der Waals surface area (Å²) in [6.45, 7) is 5.46. The van der Waals surface area contributed by atoms with Crippen LogP contribution in [-0.2, 0) is 4.79 Å². The maximum atomic E-state index is 11.8. The van der Waals surface area contributed by atoms with E-state index in [1.54, 1.807) is 24.3 Å². The van der Waals surface area contributed by atoms with Crippen LogP contribution in [0.2, 0.25) is 0 Å². The van der Waals surface area contributed by atoms with E-state index < -0.39 is 5.41 Å². The molecule has 0 atom stereocenters. The number of carbonyl (C=O) groups is 1. The van der Waals surface area contributed by atoms with E-state index in [1.165, 1.54) is 0 Å². The molecule has 104 valence electrons. The van der Waals surface area contributed by atoms with E-state index in [0.717, 1.165) is 11.1 Å². The molecule has 1 N–H and O–H groups in total. The van der Waals surface area contributed by atoms with Crippen LogP contribution in [0.5, 0.6) is 11.5 Å². The van der Waals surface area contributed by atoms with Gasteiger partial charge in [-0.3, -0.25) is 4.79 Å². The second-order valence-corrected chi connectivity index (χ2v) is 5.71. The van der Waals surface area contributed by atoms with Crippen LogP contribution in [0, 0.1) is 5.41 Å². The number of phenolic OH excluding ortho intramolecular Hbond substituents is 1. The number of hydrogen-bond acceptors (Lipinski definition) is 3. The highest BCUT2D eigenvalue weighted by Crippen LogP contribution is 2.25. The third-order valence-corrected chi connectivity index (χ3v) is 2.88. The van der Waals surface area contributed by atoms with E-state index in [2.05, 4.69) is 0 Å². The average molecular weight is 270 g/mol. The lowest BCUT2D eigenvalue weighted by Crippen LogP contribution is -2.25. The number of ether oxygens (including phenoxy) is 1. The highest BCUT2D eigenvalue weighted by Gasteiger charge is 2.23.